The zero-order chi connectivity index (χ0) is 45.0. The molecule has 348 valence electrons. The van der Waals surface area contributed by atoms with Crippen LogP contribution in [0.25, 0.3) is 0 Å². The minimum atomic E-state index is -0.576. The van der Waals surface area contributed by atoms with Crippen LogP contribution in [0.15, 0.2) is 0 Å². The van der Waals surface area contributed by atoms with Gasteiger partial charge in [0, 0.05) is 22.9 Å². The Bertz CT molecular complexity index is 1770. The van der Waals surface area contributed by atoms with E-state index in [0.717, 1.165) is 80.3 Å². The summed E-state index contributed by atoms with van der Waals surface area (Å²) in [4.78, 5) is 50.4. The molecule has 2 aromatic heterocycles. The molecule has 2 atom stereocenters. The number of hydrogen-bond acceptors (Lipinski definition) is 12. The van der Waals surface area contributed by atoms with Crippen LogP contribution in [-0.4, -0.2) is 73.9 Å². The van der Waals surface area contributed by atoms with Crippen molar-refractivity contribution in [1.82, 2.24) is 25.0 Å². The molecule has 0 aromatic carbocycles. The average molecular weight is 867 g/mol. The summed E-state index contributed by atoms with van der Waals surface area (Å²) in [7, 11) is 0. The van der Waals surface area contributed by atoms with E-state index in [1.54, 1.807) is 0 Å². The van der Waals surface area contributed by atoms with Gasteiger partial charge in [-0.1, -0.05) is 57.8 Å². The molecule has 14 heteroatoms. The normalized spacial score (nSPS) is 21.2. The molecule has 0 bridgehead atoms. The van der Waals surface area contributed by atoms with Crippen molar-refractivity contribution in [3.63, 3.8) is 0 Å². The lowest BCUT2D eigenvalue weighted by atomic mass is 9.85. The maximum Gasteiger partial charge on any atom is 0.359 e. The van der Waals surface area contributed by atoms with Crippen molar-refractivity contribution < 1.29 is 38.1 Å². The fourth-order valence-electron chi connectivity index (χ4n) is 9.68. The van der Waals surface area contributed by atoms with Gasteiger partial charge in [-0.05, 0) is 132 Å². The maximum absolute atomic E-state index is 13.1. The molecule has 0 aliphatic heterocycles. The number of aryl methyl sites for hydroxylation is 1. The zero-order valence-electron chi connectivity index (χ0n) is 39.3. The highest BCUT2D eigenvalue weighted by atomic mass is 16.6. The highest BCUT2D eigenvalue weighted by Gasteiger charge is 2.38. The second-order valence-electron chi connectivity index (χ2n) is 19.9. The molecule has 0 saturated heterocycles. The summed E-state index contributed by atoms with van der Waals surface area (Å²) in [6.07, 6.45) is 22.1. The minimum absolute atomic E-state index is 0.177. The Balaban J connectivity index is 0.000000199. The van der Waals surface area contributed by atoms with Gasteiger partial charge in [0.25, 0.3) is 0 Å². The number of nitrogens with one attached hydrogen (secondary N) is 1. The van der Waals surface area contributed by atoms with Gasteiger partial charge in [0.15, 0.2) is 5.69 Å². The Hall–Kier alpha value is -3.78. The molecule has 0 radical (unpaired) electrons. The van der Waals surface area contributed by atoms with E-state index >= 15 is 0 Å². The summed E-state index contributed by atoms with van der Waals surface area (Å²) in [5.41, 5.74) is 6.44. The summed E-state index contributed by atoms with van der Waals surface area (Å²) >= 11 is 0. The first-order valence-corrected chi connectivity index (χ1v) is 24.0. The van der Waals surface area contributed by atoms with E-state index in [9.17, 15) is 19.2 Å². The Morgan fingerprint density at radius 3 is 1.56 bits per heavy atom. The van der Waals surface area contributed by atoms with Gasteiger partial charge in [0.1, 0.15) is 16.9 Å². The molecule has 2 unspecified atom stereocenters. The van der Waals surface area contributed by atoms with Gasteiger partial charge in [-0.2, -0.15) is 10.2 Å². The number of rotatable bonds is 9. The second-order valence-corrected chi connectivity index (χ2v) is 19.9. The van der Waals surface area contributed by atoms with Crippen LogP contribution >= 0.6 is 0 Å². The largest absolute Gasteiger partial charge is 0.466 e. The lowest BCUT2D eigenvalue weighted by Crippen LogP contribution is -2.36. The van der Waals surface area contributed by atoms with Crippen molar-refractivity contribution >= 4 is 23.9 Å². The molecule has 5 aliphatic carbocycles. The Kier molecular flexibility index (Phi) is 18.0. The number of carbonyl (C=O) groups excluding carboxylic acids is 4. The van der Waals surface area contributed by atoms with Crippen molar-refractivity contribution in [1.29, 1.82) is 0 Å². The monoisotopic (exact) mass is 867 g/mol. The maximum atomic E-state index is 13.1. The van der Waals surface area contributed by atoms with Gasteiger partial charge < -0.3 is 18.9 Å². The molecular formula is C48H78N6O8. The molecule has 0 amide bonds. The SMILES string of the molecule is CCOC(=O)C1CCc2c(c(C(=O)OC(C)(C)C)nn2C2CCCCC2)C1.CCOC(=O)C1CCc2nn(C3CCCCC3)c(C(=O)OC(C)(C)C)c2C1.NNC1CCCCC1. The molecule has 2 heterocycles. The van der Waals surface area contributed by atoms with Crippen molar-refractivity contribution in [3.8, 4) is 0 Å². The highest BCUT2D eigenvalue weighted by Crippen LogP contribution is 2.37. The van der Waals surface area contributed by atoms with Crippen LogP contribution in [0, 0.1) is 11.8 Å². The van der Waals surface area contributed by atoms with E-state index < -0.39 is 17.2 Å². The Morgan fingerprint density at radius 1 is 0.613 bits per heavy atom. The first kappa shape index (κ1) is 49.2. The molecule has 3 fully saturated rings. The van der Waals surface area contributed by atoms with Gasteiger partial charge in [-0.3, -0.25) is 30.2 Å². The number of ether oxygens (including phenoxy) is 4. The quantitative estimate of drug-likeness (QED) is 0.106. The summed E-state index contributed by atoms with van der Waals surface area (Å²) in [6.45, 7) is 15.6. The molecule has 0 spiro atoms. The van der Waals surface area contributed by atoms with Crippen LogP contribution in [0.1, 0.15) is 220 Å². The highest BCUT2D eigenvalue weighted by molar-refractivity contribution is 5.91. The Morgan fingerprint density at radius 2 is 1.08 bits per heavy atom. The number of fused-ring (bicyclic) bond motifs is 2. The van der Waals surface area contributed by atoms with E-state index in [1.165, 1.54) is 57.8 Å². The van der Waals surface area contributed by atoms with Gasteiger partial charge >= 0.3 is 23.9 Å². The van der Waals surface area contributed by atoms with E-state index in [4.69, 9.17) is 35.0 Å². The average Bonchev–Trinajstić information content (AvgIpc) is 3.83. The lowest BCUT2D eigenvalue weighted by molar-refractivity contribution is -0.149. The number of hydrogen-bond donors (Lipinski definition) is 2. The van der Waals surface area contributed by atoms with E-state index in [2.05, 4.69) is 10.1 Å². The standard InChI is InChI=1S/2C21H32N2O4.C6H14N2/c1-5-26-19(24)14-11-12-17-16(13-14)18(20(25)27-21(2,3)4)22-23(17)15-9-7-6-8-10-15;1-5-26-19(24)14-11-12-17-16(13-14)18(20(25)27-21(2,3)4)23(22-17)15-9-7-6-8-10-15;7-8-6-4-2-1-3-5-6/h2*14-15H,5-13H2,1-4H3;6,8H,1-5,7H2. The van der Waals surface area contributed by atoms with E-state index in [-0.39, 0.29) is 35.8 Å². The van der Waals surface area contributed by atoms with Crippen LogP contribution in [0.5, 0.6) is 0 Å². The first-order chi connectivity index (χ1) is 29.5. The van der Waals surface area contributed by atoms with Crippen LogP contribution in [0.4, 0.5) is 0 Å². The van der Waals surface area contributed by atoms with Crippen LogP contribution < -0.4 is 11.3 Å². The third-order valence-electron chi connectivity index (χ3n) is 12.7. The fourth-order valence-corrected chi connectivity index (χ4v) is 9.68. The van der Waals surface area contributed by atoms with Gasteiger partial charge in [0.2, 0.25) is 0 Å². The molecular weight excluding hydrogens is 789 g/mol. The van der Waals surface area contributed by atoms with E-state index in [0.29, 0.717) is 55.9 Å². The smallest absolute Gasteiger partial charge is 0.359 e. The molecule has 5 aliphatic rings. The number of aromatic nitrogens is 4. The second kappa shape index (κ2) is 22.7. The predicted molar refractivity (Wildman–Crippen MR) is 238 cm³/mol. The fraction of sp³-hybridized carbons (Fsp3) is 0.792. The summed E-state index contributed by atoms with van der Waals surface area (Å²) < 4.78 is 25.7. The third kappa shape index (κ3) is 13.6. The number of nitrogens with zero attached hydrogens (tertiary/aromatic N) is 4. The first-order valence-electron chi connectivity index (χ1n) is 24.0. The molecule has 14 nitrogen and oxygen atoms in total. The van der Waals surface area contributed by atoms with Crippen LogP contribution in [-0.2, 0) is 54.2 Å². The van der Waals surface area contributed by atoms with Crippen LogP contribution in [0.2, 0.25) is 0 Å². The van der Waals surface area contributed by atoms with Crippen molar-refractivity contribution in [2.24, 2.45) is 17.7 Å². The summed E-state index contributed by atoms with van der Waals surface area (Å²) in [5, 5.41) is 9.56. The molecule has 2 aromatic rings. The predicted octanol–water partition coefficient (Wildman–Crippen LogP) is 8.81. The number of esters is 4. The van der Waals surface area contributed by atoms with Crippen LogP contribution in [0.3, 0.4) is 0 Å². The minimum Gasteiger partial charge on any atom is -0.466 e. The molecule has 3 saturated carbocycles. The number of nitrogens with two attached hydrogens (primary N) is 1. The molecule has 3 N–H and O–H groups in total. The van der Waals surface area contributed by atoms with Gasteiger partial charge in [-0.15, -0.1) is 0 Å². The Labute approximate surface area is 370 Å². The van der Waals surface area contributed by atoms with Gasteiger partial charge in [-0.25, -0.2) is 9.59 Å². The molecule has 7 rings (SSSR count). The number of carbonyl (C=O) groups is 4. The van der Waals surface area contributed by atoms with Crippen molar-refractivity contribution in [2.45, 2.75) is 220 Å². The topological polar surface area (TPSA) is 179 Å². The summed E-state index contributed by atoms with van der Waals surface area (Å²) in [6, 6.07) is 1.21. The zero-order valence-corrected chi connectivity index (χ0v) is 39.3. The summed E-state index contributed by atoms with van der Waals surface area (Å²) in [5.74, 6) is 3.77. The van der Waals surface area contributed by atoms with Gasteiger partial charge in [0.05, 0.1) is 42.8 Å². The number of hydrazine groups is 1. The van der Waals surface area contributed by atoms with Crippen molar-refractivity contribution in [2.75, 3.05) is 13.2 Å². The van der Waals surface area contributed by atoms with Crippen molar-refractivity contribution in [3.05, 3.63) is 33.9 Å². The third-order valence-corrected chi connectivity index (χ3v) is 12.7. The lowest BCUT2D eigenvalue weighted by Gasteiger charge is -2.27. The van der Waals surface area contributed by atoms with E-state index in [1.807, 2.05) is 60.1 Å². The molecule has 62 heavy (non-hydrogen) atoms.